The molecule has 1 aliphatic heterocycles. The molecule has 0 amide bonds. The van der Waals surface area contributed by atoms with Crippen LogP contribution in [0.5, 0.6) is 0 Å². The second-order valence-electron chi connectivity index (χ2n) is 6.10. The van der Waals surface area contributed by atoms with Crippen LogP contribution in [0.2, 0.25) is 0 Å². The third-order valence-electron chi connectivity index (χ3n) is 4.55. The molecule has 7 nitrogen and oxygen atoms in total. The highest BCUT2D eigenvalue weighted by atomic mass is 32.2. The Bertz CT molecular complexity index is 913. The van der Waals surface area contributed by atoms with E-state index in [1.807, 2.05) is 36.1 Å². The van der Waals surface area contributed by atoms with Crippen LogP contribution < -0.4 is 4.90 Å². The summed E-state index contributed by atoms with van der Waals surface area (Å²) in [6, 6.07) is 9.73. The van der Waals surface area contributed by atoms with Gasteiger partial charge in [-0.1, -0.05) is 25.1 Å². The quantitative estimate of drug-likeness (QED) is 0.807. The van der Waals surface area contributed by atoms with Gasteiger partial charge in [0.1, 0.15) is 6.07 Å². The number of benzene rings is 1. The Morgan fingerprint density at radius 3 is 2.68 bits per heavy atom. The standard InChI is InChI=1S/C17H21N5O2S/c1-3-13-7-5-6-8-16(13)22-19-15(11-18)17(20-22)21(4-2)14-9-10-25(23,24)12-14/h5-8,14H,3-4,9-10,12H2,1-2H3. The van der Waals surface area contributed by atoms with Crippen molar-refractivity contribution in [1.82, 2.24) is 15.0 Å². The number of nitrogens with zero attached hydrogens (tertiary/aromatic N) is 5. The van der Waals surface area contributed by atoms with Crippen molar-refractivity contribution in [2.24, 2.45) is 0 Å². The van der Waals surface area contributed by atoms with Gasteiger partial charge in [0.05, 0.1) is 17.2 Å². The molecule has 132 valence electrons. The molecule has 1 aromatic carbocycles. The fourth-order valence-electron chi connectivity index (χ4n) is 3.28. The minimum atomic E-state index is -3.01. The lowest BCUT2D eigenvalue weighted by Gasteiger charge is -2.26. The summed E-state index contributed by atoms with van der Waals surface area (Å²) in [5.74, 6) is 0.741. The third kappa shape index (κ3) is 3.37. The van der Waals surface area contributed by atoms with E-state index in [1.54, 1.807) is 0 Å². The number of sulfone groups is 1. The zero-order chi connectivity index (χ0) is 18.0. The average molecular weight is 359 g/mol. The van der Waals surface area contributed by atoms with E-state index in [0.717, 1.165) is 17.7 Å². The van der Waals surface area contributed by atoms with Crippen molar-refractivity contribution < 1.29 is 8.42 Å². The van der Waals surface area contributed by atoms with Gasteiger partial charge in [0.2, 0.25) is 5.69 Å². The van der Waals surface area contributed by atoms with Crippen LogP contribution in [-0.4, -0.2) is 47.5 Å². The number of para-hydroxylation sites is 1. The molecule has 0 spiro atoms. The van der Waals surface area contributed by atoms with E-state index in [9.17, 15) is 13.7 Å². The fourth-order valence-corrected chi connectivity index (χ4v) is 5.01. The lowest BCUT2D eigenvalue weighted by Crippen LogP contribution is -2.37. The molecule has 1 fully saturated rings. The van der Waals surface area contributed by atoms with Gasteiger partial charge in [-0.15, -0.1) is 15.0 Å². The van der Waals surface area contributed by atoms with Gasteiger partial charge in [-0.25, -0.2) is 8.42 Å². The number of anilines is 1. The molecule has 1 atom stereocenters. The Morgan fingerprint density at radius 1 is 1.32 bits per heavy atom. The number of aryl methyl sites for hydroxylation is 1. The minimum Gasteiger partial charge on any atom is -0.349 e. The molecule has 1 saturated heterocycles. The maximum absolute atomic E-state index is 11.8. The summed E-state index contributed by atoms with van der Waals surface area (Å²) in [7, 11) is -3.01. The Morgan fingerprint density at radius 2 is 2.08 bits per heavy atom. The maximum atomic E-state index is 11.8. The van der Waals surface area contributed by atoms with Gasteiger partial charge in [0, 0.05) is 12.6 Å². The van der Waals surface area contributed by atoms with Crippen LogP contribution in [0.15, 0.2) is 24.3 Å². The predicted molar refractivity (Wildman–Crippen MR) is 95.5 cm³/mol. The normalized spacial score (nSPS) is 18.8. The fraction of sp³-hybridized carbons (Fsp3) is 0.471. The zero-order valence-corrected chi connectivity index (χ0v) is 15.2. The van der Waals surface area contributed by atoms with E-state index >= 15 is 0 Å². The first-order valence-corrected chi connectivity index (χ1v) is 10.2. The van der Waals surface area contributed by atoms with Crippen molar-refractivity contribution in [3.05, 3.63) is 35.5 Å². The zero-order valence-electron chi connectivity index (χ0n) is 14.4. The first-order valence-electron chi connectivity index (χ1n) is 8.41. The van der Waals surface area contributed by atoms with Crippen LogP contribution in [0.3, 0.4) is 0 Å². The first-order chi connectivity index (χ1) is 12.0. The van der Waals surface area contributed by atoms with Crippen molar-refractivity contribution in [3.63, 3.8) is 0 Å². The predicted octanol–water partition coefficient (Wildman–Crippen LogP) is 1.71. The minimum absolute atomic E-state index is 0.101. The summed E-state index contributed by atoms with van der Waals surface area (Å²) in [6.45, 7) is 4.56. The summed E-state index contributed by atoms with van der Waals surface area (Å²) < 4.78 is 23.6. The smallest absolute Gasteiger partial charge is 0.207 e. The molecule has 0 bridgehead atoms. The van der Waals surface area contributed by atoms with Crippen LogP contribution in [-0.2, 0) is 16.3 Å². The number of nitriles is 1. The molecule has 0 aliphatic carbocycles. The van der Waals surface area contributed by atoms with E-state index < -0.39 is 9.84 Å². The largest absolute Gasteiger partial charge is 0.349 e. The molecule has 25 heavy (non-hydrogen) atoms. The van der Waals surface area contributed by atoms with E-state index in [1.165, 1.54) is 4.80 Å². The maximum Gasteiger partial charge on any atom is 0.207 e. The lowest BCUT2D eigenvalue weighted by molar-refractivity contribution is 0.599. The van der Waals surface area contributed by atoms with Crippen LogP contribution in [0.1, 0.15) is 31.5 Å². The number of rotatable bonds is 5. The molecule has 0 saturated carbocycles. The van der Waals surface area contributed by atoms with Crippen molar-refractivity contribution in [2.75, 3.05) is 23.0 Å². The number of hydrogen-bond acceptors (Lipinski definition) is 6. The summed E-state index contributed by atoms with van der Waals surface area (Å²) in [6.07, 6.45) is 1.38. The summed E-state index contributed by atoms with van der Waals surface area (Å²) in [4.78, 5) is 3.37. The Kier molecular flexibility index (Phi) is 4.77. The van der Waals surface area contributed by atoms with Crippen molar-refractivity contribution in [1.29, 1.82) is 5.26 Å². The summed E-state index contributed by atoms with van der Waals surface area (Å²) in [5, 5.41) is 18.4. The molecule has 2 heterocycles. The Hall–Kier alpha value is -2.40. The van der Waals surface area contributed by atoms with Gasteiger partial charge < -0.3 is 4.90 Å². The van der Waals surface area contributed by atoms with E-state index in [-0.39, 0.29) is 23.2 Å². The molecule has 3 rings (SSSR count). The highest BCUT2D eigenvalue weighted by Crippen LogP contribution is 2.26. The van der Waals surface area contributed by atoms with Gasteiger partial charge in [0.25, 0.3) is 0 Å². The molecule has 1 aromatic heterocycles. The number of aromatic nitrogens is 3. The van der Waals surface area contributed by atoms with Crippen molar-refractivity contribution in [3.8, 4) is 11.8 Å². The molecule has 8 heteroatoms. The van der Waals surface area contributed by atoms with Gasteiger partial charge in [-0.3, -0.25) is 0 Å². The molecule has 1 aliphatic rings. The second-order valence-corrected chi connectivity index (χ2v) is 8.33. The molecule has 0 radical (unpaired) electrons. The summed E-state index contributed by atoms with van der Waals surface area (Å²) >= 11 is 0. The third-order valence-corrected chi connectivity index (χ3v) is 6.30. The average Bonchev–Trinajstić information content (AvgIpc) is 3.19. The SMILES string of the molecule is CCc1ccccc1-n1nc(C#N)c(N(CC)C2CCS(=O)(=O)C2)n1. The van der Waals surface area contributed by atoms with E-state index in [4.69, 9.17) is 0 Å². The van der Waals surface area contributed by atoms with Gasteiger partial charge in [-0.2, -0.15) is 5.26 Å². The van der Waals surface area contributed by atoms with Gasteiger partial charge >= 0.3 is 0 Å². The number of hydrogen-bond donors (Lipinski definition) is 0. The highest BCUT2D eigenvalue weighted by molar-refractivity contribution is 7.91. The monoisotopic (exact) mass is 359 g/mol. The molecule has 0 N–H and O–H groups in total. The molecular weight excluding hydrogens is 338 g/mol. The lowest BCUT2D eigenvalue weighted by atomic mass is 10.1. The van der Waals surface area contributed by atoms with Gasteiger partial charge in [0.15, 0.2) is 15.7 Å². The Labute approximate surface area is 147 Å². The van der Waals surface area contributed by atoms with Crippen molar-refractivity contribution >= 4 is 15.7 Å². The highest BCUT2D eigenvalue weighted by Gasteiger charge is 2.34. The van der Waals surface area contributed by atoms with Crippen LogP contribution in [0, 0.1) is 11.3 Å². The van der Waals surface area contributed by atoms with Gasteiger partial charge in [-0.05, 0) is 31.4 Å². The van der Waals surface area contributed by atoms with Crippen LogP contribution in [0.25, 0.3) is 5.69 Å². The first kappa shape index (κ1) is 17.4. The molecule has 1 unspecified atom stereocenters. The van der Waals surface area contributed by atoms with Crippen LogP contribution >= 0.6 is 0 Å². The second kappa shape index (κ2) is 6.84. The Balaban J connectivity index is 2.02. The van der Waals surface area contributed by atoms with Crippen LogP contribution in [0.4, 0.5) is 5.82 Å². The van der Waals surface area contributed by atoms with E-state index in [2.05, 4.69) is 23.2 Å². The molecule has 2 aromatic rings. The topological polar surface area (TPSA) is 91.9 Å². The molecular formula is C17H21N5O2S. The van der Waals surface area contributed by atoms with E-state index in [0.29, 0.717) is 18.8 Å². The summed E-state index contributed by atoms with van der Waals surface area (Å²) in [5.41, 5.74) is 2.14. The van der Waals surface area contributed by atoms with Crippen molar-refractivity contribution in [2.45, 2.75) is 32.7 Å².